The number of nitrogens with zero attached hydrogens (tertiary/aromatic N) is 1. The van der Waals surface area contributed by atoms with Gasteiger partial charge in [0.15, 0.2) is 5.78 Å². The zero-order valence-electron chi connectivity index (χ0n) is 16.5. The van der Waals surface area contributed by atoms with Crippen LogP contribution in [0.5, 0.6) is 0 Å². The van der Waals surface area contributed by atoms with Gasteiger partial charge in [0, 0.05) is 29.3 Å². The normalized spacial score (nSPS) is 24.6. The average molecular weight is 371 g/mol. The number of benzene rings is 1. The van der Waals surface area contributed by atoms with Gasteiger partial charge < -0.3 is 4.74 Å². The lowest BCUT2D eigenvalue weighted by Crippen LogP contribution is -2.40. The molecule has 1 aliphatic carbocycles. The van der Waals surface area contributed by atoms with Crippen molar-refractivity contribution in [1.29, 1.82) is 0 Å². The lowest BCUT2D eigenvalue weighted by Gasteiger charge is -2.39. The van der Waals surface area contributed by atoms with Gasteiger partial charge in [-0.15, -0.1) is 0 Å². The van der Waals surface area contributed by atoms with Crippen molar-refractivity contribution in [3.63, 3.8) is 0 Å². The second-order valence-corrected chi connectivity index (χ2v) is 8.55. The second kappa shape index (κ2) is 7.02. The Labute approximate surface area is 159 Å². The molecule has 0 N–H and O–H groups in total. The highest BCUT2D eigenvalue weighted by Crippen LogP contribution is 2.48. The largest absolute Gasteiger partial charge is 0.462 e. The molecule has 5 heteroatoms. The first kappa shape index (κ1) is 19.5. The lowest BCUT2D eigenvalue weighted by atomic mass is 9.67. The van der Waals surface area contributed by atoms with Gasteiger partial charge in [-0.2, -0.15) is 0 Å². The van der Waals surface area contributed by atoms with Crippen molar-refractivity contribution < 1.29 is 18.7 Å². The van der Waals surface area contributed by atoms with Crippen molar-refractivity contribution in [2.75, 3.05) is 0 Å². The minimum atomic E-state index is -0.724. The fraction of sp³-hybridized carbons (Fsp3) is 0.500. The molecule has 1 unspecified atom stereocenters. The van der Waals surface area contributed by atoms with E-state index in [0.717, 1.165) is 5.70 Å². The molecule has 0 fully saturated rings. The number of ketones is 1. The predicted octanol–water partition coefficient (Wildman–Crippen LogP) is 4.59. The minimum Gasteiger partial charge on any atom is -0.462 e. The maximum atomic E-state index is 14.0. The fourth-order valence-electron chi connectivity index (χ4n) is 4.12. The summed E-state index contributed by atoms with van der Waals surface area (Å²) in [5.41, 5.74) is 2.29. The number of allylic oxidation sites excluding steroid dienone is 2. The first-order chi connectivity index (χ1) is 12.6. The molecule has 27 heavy (non-hydrogen) atoms. The third kappa shape index (κ3) is 3.87. The summed E-state index contributed by atoms with van der Waals surface area (Å²) in [7, 11) is 0. The number of carbonyl (C=O) groups is 2. The van der Waals surface area contributed by atoms with Crippen molar-refractivity contribution in [3.05, 3.63) is 46.9 Å². The number of halogens is 1. The smallest absolute Gasteiger partial charge is 0.315 e. The van der Waals surface area contributed by atoms with Crippen LogP contribution in [0.15, 0.2) is 40.5 Å². The summed E-state index contributed by atoms with van der Waals surface area (Å²) in [6.07, 6.45) is 0.760. The van der Waals surface area contributed by atoms with E-state index < -0.39 is 23.6 Å². The minimum absolute atomic E-state index is 0.0193. The number of hydrogen-bond acceptors (Lipinski definition) is 4. The molecule has 0 saturated heterocycles. The van der Waals surface area contributed by atoms with Gasteiger partial charge in [0.25, 0.3) is 0 Å². The highest BCUT2D eigenvalue weighted by atomic mass is 19.1. The summed E-state index contributed by atoms with van der Waals surface area (Å²) in [5.74, 6) is -2.13. The molecule has 2 aliphatic rings. The van der Waals surface area contributed by atoms with Crippen LogP contribution in [0, 0.1) is 17.2 Å². The Morgan fingerprint density at radius 1 is 1.30 bits per heavy atom. The second-order valence-electron chi connectivity index (χ2n) is 8.55. The summed E-state index contributed by atoms with van der Waals surface area (Å²) < 4.78 is 19.4. The van der Waals surface area contributed by atoms with Crippen molar-refractivity contribution in [2.24, 2.45) is 16.3 Å². The van der Waals surface area contributed by atoms with Crippen molar-refractivity contribution in [2.45, 2.75) is 59.5 Å². The number of aliphatic imine (C=N–C) groups is 1. The van der Waals surface area contributed by atoms with Gasteiger partial charge >= 0.3 is 5.97 Å². The number of esters is 1. The summed E-state index contributed by atoms with van der Waals surface area (Å²) in [6.45, 7) is 9.42. The maximum absolute atomic E-state index is 14.0. The van der Waals surface area contributed by atoms with E-state index in [4.69, 9.17) is 4.74 Å². The highest BCUT2D eigenvalue weighted by molar-refractivity contribution is 6.09. The van der Waals surface area contributed by atoms with Gasteiger partial charge in [0.1, 0.15) is 11.7 Å². The highest BCUT2D eigenvalue weighted by Gasteiger charge is 2.46. The number of Topliss-reactive ketones (excluding diaryl/α,β-unsaturated/α-hetero) is 1. The van der Waals surface area contributed by atoms with Gasteiger partial charge in [-0.3, -0.25) is 14.6 Å². The Bertz CT molecular complexity index is 851. The molecule has 3 rings (SSSR count). The molecular formula is C22H26FNO3. The van der Waals surface area contributed by atoms with Crippen LogP contribution < -0.4 is 0 Å². The summed E-state index contributed by atoms with van der Waals surface area (Å²) in [6, 6.07) is 6.13. The van der Waals surface area contributed by atoms with Crippen molar-refractivity contribution in [1.82, 2.24) is 0 Å². The molecule has 1 aromatic rings. The molecule has 0 radical (unpaired) electrons. The zero-order chi connectivity index (χ0) is 19.9. The van der Waals surface area contributed by atoms with Crippen LogP contribution >= 0.6 is 0 Å². The van der Waals surface area contributed by atoms with E-state index in [0.29, 0.717) is 29.7 Å². The monoisotopic (exact) mass is 371 g/mol. The standard InChI is InChI=1S/C22H26FNO3/c1-12(2)27-21(26)18-13(3)24-16-10-22(4,5)11-17(25)20(16)19(18)14-7-6-8-15(23)9-14/h6-9,12,18-19H,10-11H2,1-5H3/t18?,19-/m0/s1. The van der Waals surface area contributed by atoms with Gasteiger partial charge in [-0.25, -0.2) is 4.39 Å². The van der Waals surface area contributed by atoms with Crippen LogP contribution in [-0.4, -0.2) is 23.6 Å². The van der Waals surface area contributed by atoms with Crippen molar-refractivity contribution >= 4 is 17.5 Å². The lowest BCUT2D eigenvalue weighted by molar-refractivity contribution is -0.150. The number of carbonyl (C=O) groups excluding carboxylic acids is 2. The topological polar surface area (TPSA) is 55.7 Å². The van der Waals surface area contributed by atoms with Gasteiger partial charge in [0.2, 0.25) is 0 Å². The Kier molecular flexibility index (Phi) is 5.06. The molecule has 0 saturated carbocycles. The molecule has 4 nitrogen and oxygen atoms in total. The molecule has 2 atom stereocenters. The summed E-state index contributed by atoms with van der Waals surface area (Å²) in [5, 5.41) is 0. The third-order valence-corrected chi connectivity index (χ3v) is 5.12. The maximum Gasteiger partial charge on any atom is 0.315 e. The molecule has 0 aromatic heterocycles. The Morgan fingerprint density at radius 2 is 2.00 bits per heavy atom. The van der Waals surface area contributed by atoms with E-state index in [1.807, 2.05) is 13.8 Å². The zero-order valence-corrected chi connectivity index (χ0v) is 16.5. The SMILES string of the molecule is CC1=NC2=C(C(=O)CC(C)(C)C2)[C@@H](c2cccc(F)c2)C1C(=O)OC(C)C. The molecule has 144 valence electrons. The number of hydrogen-bond donors (Lipinski definition) is 0. The molecule has 0 amide bonds. The van der Waals surface area contributed by atoms with Crippen LogP contribution in [0.2, 0.25) is 0 Å². The Morgan fingerprint density at radius 3 is 2.63 bits per heavy atom. The number of ether oxygens (including phenoxy) is 1. The van der Waals surface area contributed by atoms with E-state index in [1.165, 1.54) is 12.1 Å². The summed E-state index contributed by atoms with van der Waals surface area (Å²) in [4.78, 5) is 30.5. The molecule has 1 aromatic carbocycles. The first-order valence-electron chi connectivity index (χ1n) is 9.36. The molecule has 0 bridgehead atoms. The molecular weight excluding hydrogens is 345 g/mol. The molecule has 1 aliphatic heterocycles. The average Bonchev–Trinajstić information content (AvgIpc) is 2.51. The van der Waals surface area contributed by atoms with Crippen LogP contribution in [0.1, 0.15) is 58.9 Å². The van der Waals surface area contributed by atoms with E-state index in [9.17, 15) is 14.0 Å². The van der Waals surface area contributed by atoms with Gasteiger partial charge in [-0.05, 0) is 50.3 Å². The molecule has 1 heterocycles. The Hall–Kier alpha value is -2.30. The number of rotatable bonds is 3. The third-order valence-electron chi connectivity index (χ3n) is 5.12. The molecule has 0 spiro atoms. The van der Waals surface area contributed by atoms with E-state index in [1.54, 1.807) is 32.9 Å². The van der Waals surface area contributed by atoms with Crippen LogP contribution in [0.25, 0.3) is 0 Å². The predicted molar refractivity (Wildman–Crippen MR) is 102 cm³/mol. The fourth-order valence-corrected chi connectivity index (χ4v) is 4.12. The van der Waals surface area contributed by atoms with Gasteiger partial charge in [-0.1, -0.05) is 26.0 Å². The van der Waals surface area contributed by atoms with Crippen LogP contribution in [-0.2, 0) is 14.3 Å². The quantitative estimate of drug-likeness (QED) is 0.730. The van der Waals surface area contributed by atoms with Crippen molar-refractivity contribution in [3.8, 4) is 0 Å². The van der Waals surface area contributed by atoms with Crippen LogP contribution in [0.3, 0.4) is 0 Å². The Balaban J connectivity index is 2.16. The first-order valence-corrected chi connectivity index (χ1v) is 9.36. The van der Waals surface area contributed by atoms with E-state index >= 15 is 0 Å². The van der Waals surface area contributed by atoms with E-state index in [2.05, 4.69) is 4.99 Å². The van der Waals surface area contributed by atoms with E-state index in [-0.39, 0.29) is 17.3 Å². The summed E-state index contributed by atoms with van der Waals surface area (Å²) >= 11 is 0. The van der Waals surface area contributed by atoms with Gasteiger partial charge in [0.05, 0.1) is 6.10 Å². The van der Waals surface area contributed by atoms with Crippen LogP contribution in [0.4, 0.5) is 4.39 Å².